The lowest BCUT2D eigenvalue weighted by atomic mass is 9.86. The summed E-state index contributed by atoms with van der Waals surface area (Å²) in [7, 11) is 0. The lowest BCUT2D eigenvalue weighted by Gasteiger charge is -2.24. The van der Waals surface area contributed by atoms with Crippen LogP contribution >= 0.6 is 0 Å². The van der Waals surface area contributed by atoms with Gasteiger partial charge in [0.25, 0.3) is 5.91 Å². The molecular formula is C36H57IN2O4. The van der Waals surface area contributed by atoms with Crippen LogP contribution in [0.25, 0.3) is 0 Å². The quantitative estimate of drug-likeness (QED) is 0.106. The zero-order valence-corrected chi connectivity index (χ0v) is 29.9. The maximum atomic E-state index is 13.0. The average molecular weight is 709 g/mol. The van der Waals surface area contributed by atoms with Crippen LogP contribution in [0.4, 0.5) is 0 Å². The molecule has 2 aromatic rings. The van der Waals surface area contributed by atoms with Gasteiger partial charge >= 0.3 is 0 Å². The van der Waals surface area contributed by atoms with Gasteiger partial charge in [-0.25, -0.2) is 4.57 Å². The smallest absolute Gasteiger partial charge is 0.267 e. The molecule has 242 valence electrons. The van der Waals surface area contributed by atoms with E-state index in [4.69, 9.17) is 9.47 Å². The molecule has 43 heavy (non-hydrogen) atoms. The van der Waals surface area contributed by atoms with E-state index in [1.54, 1.807) is 0 Å². The van der Waals surface area contributed by atoms with Gasteiger partial charge < -0.3 is 33.5 Å². The molecular weight excluding hydrogens is 651 g/mol. The van der Waals surface area contributed by atoms with E-state index in [1.807, 2.05) is 54.1 Å². The van der Waals surface area contributed by atoms with Crippen molar-refractivity contribution in [3.8, 4) is 11.5 Å². The van der Waals surface area contributed by atoms with E-state index < -0.39 is 0 Å². The van der Waals surface area contributed by atoms with E-state index in [9.17, 15) is 9.59 Å². The third kappa shape index (κ3) is 14.9. The first-order valence-corrected chi connectivity index (χ1v) is 16.4. The van der Waals surface area contributed by atoms with Gasteiger partial charge in [0.2, 0.25) is 11.6 Å². The van der Waals surface area contributed by atoms with Gasteiger partial charge in [0.05, 0.1) is 6.61 Å². The number of nitrogens with zero attached hydrogens (tertiary/aromatic N) is 2. The highest BCUT2D eigenvalue weighted by atomic mass is 127. The molecule has 6 nitrogen and oxygen atoms in total. The third-order valence-corrected chi connectivity index (χ3v) is 7.75. The van der Waals surface area contributed by atoms with Crippen LogP contribution in [-0.2, 0) is 28.1 Å². The highest BCUT2D eigenvalue weighted by molar-refractivity contribution is 5.94. The van der Waals surface area contributed by atoms with Crippen molar-refractivity contribution in [1.29, 1.82) is 0 Å². The summed E-state index contributed by atoms with van der Waals surface area (Å²) in [5, 5.41) is 0. The molecule has 2 rings (SSSR count). The molecule has 1 heterocycles. The first kappa shape index (κ1) is 38.9. The minimum absolute atomic E-state index is 0. The van der Waals surface area contributed by atoms with Crippen molar-refractivity contribution in [3.63, 3.8) is 0 Å². The minimum atomic E-state index is -0.362. The number of benzene rings is 1. The van der Waals surface area contributed by atoms with E-state index in [0.717, 1.165) is 30.0 Å². The summed E-state index contributed by atoms with van der Waals surface area (Å²) in [6.45, 7) is 13.6. The van der Waals surface area contributed by atoms with Crippen LogP contribution in [0.15, 0.2) is 42.6 Å². The molecule has 0 N–H and O–H groups in total. The van der Waals surface area contributed by atoms with Crippen molar-refractivity contribution in [3.05, 3.63) is 53.9 Å². The predicted octanol–water partition coefficient (Wildman–Crippen LogP) is 5.33. The highest BCUT2D eigenvalue weighted by Crippen LogP contribution is 2.34. The van der Waals surface area contributed by atoms with E-state index in [2.05, 4.69) is 27.7 Å². The molecule has 1 aromatic carbocycles. The first-order valence-electron chi connectivity index (χ1n) is 16.4. The molecule has 0 unspecified atom stereocenters. The van der Waals surface area contributed by atoms with E-state index in [1.165, 1.54) is 82.5 Å². The van der Waals surface area contributed by atoms with Crippen LogP contribution in [0.2, 0.25) is 0 Å². The van der Waals surface area contributed by atoms with Gasteiger partial charge in [0, 0.05) is 24.6 Å². The molecule has 0 saturated carbocycles. The molecule has 7 heteroatoms. The molecule has 0 spiro atoms. The Morgan fingerprint density at radius 2 is 1.42 bits per heavy atom. The SMILES string of the molecule is CCCCCCCCCCCCCCOc1ccc(OCC(=O)N(Cc2cccc[n+]2CC)C(C)=O)cc1C(C)(C)C.[I-]. The fraction of sp³-hybridized carbons (Fsp3) is 0.639. The standard InChI is InChI=1S/C36H57N2O4.HI/c1-7-9-10-11-12-13-14-15-16-17-18-21-26-41-34-24-23-32(27-33(34)36(4,5)6)42-29-35(40)38(30(3)39)28-31-22-19-20-25-37(31)8-2;/h19-20,22-25,27H,7-18,21,26,28-29H2,1-6H3;1H/q+1;/p-1. The number of hydrogen-bond donors (Lipinski definition) is 0. The lowest BCUT2D eigenvalue weighted by molar-refractivity contribution is -0.701. The highest BCUT2D eigenvalue weighted by Gasteiger charge is 2.24. The number of unbranched alkanes of at least 4 members (excludes halogenated alkanes) is 11. The Hall–Kier alpha value is -2.16. The Labute approximate surface area is 278 Å². The zero-order valence-electron chi connectivity index (χ0n) is 27.8. The molecule has 1 aromatic heterocycles. The van der Waals surface area contributed by atoms with Crippen LogP contribution in [0, 0.1) is 0 Å². The summed E-state index contributed by atoms with van der Waals surface area (Å²) in [6.07, 6.45) is 17.8. The maximum absolute atomic E-state index is 13.0. The van der Waals surface area contributed by atoms with E-state index in [-0.39, 0.29) is 54.4 Å². The van der Waals surface area contributed by atoms with Gasteiger partial charge in [-0.3, -0.25) is 14.5 Å². The van der Waals surface area contributed by atoms with Crippen molar-refractivity contribution in [2.75, 3.05) is 13.2 Å². The summed E-state index contributed by atoms with van der Waals surface area (Å²) in [6, 6.07) is 11.5. The van der Waals surface area contributed by atoms with Gasteiger partial charge in [-0.1, -0.05) is 104 Å². The third-order valence-electron chi connectivity index (χ3n) is 7.75. The van der Waals surface area contributed by atoms with Crippen molar-refractivity contribution in [2.24, 2.45) is 0 Å². The number of amides is 2. The first-order chi connectivity index (χ1) is 20.2. The molecule has 0 aliphatic heterocycles. The monoisotopic (exact) mass is 708 g/mol. The van der Waals surface area contributed by atoms with Gasteiger partial charge in [-0.15, -0.1) is 0 Å². The molecule has 0 radical (unpaired) electrons. The number of rotatable bonds is 20. The van der Waals surface area contributed by atoms with Crippen LogP contribution in [0.3, 0.4) is 0 Å². The van der Waals surface area contributed by atoms with Crippen molar-refractivity contribution in [1.82, 2.24) is 4.90 Å². The van der Waals surface area contributed by atoms with Crippen molar-refractivity contribution in [2.45, 2.75) is 137 Å². The number of ether oxygens (including phenoxy) is 2. The number of aromatic nitrogens is 1. The van der Waals surface area contributed by atoms with Gasteiger partial charge in [0.15, 0.2) is 12.8 Å². The summed E-state index contributed by atoms with van der Waals surface area (Å²) < 4.78 is 14.1. The Morgan fingerprint density at radius 3 is 1.98 bits per heavy atom. The number of carbonyl (C=O) groups excluding carboxylic acids is 2. The normalized spacial score (nSPS) is 11.1. The number of pyridine rings is 1. The Balaban J connectivity index is 0.00000924. The van der Waals surface area contributed by atoms with Gasteiger partial charge in [-0.2, -0.15) is 0 Å². The predicted molar refractivity (Wildman–Crippen MR) is 171 cm³/mol. The van der Waals surface area contributed by atoms with Crippen molar-refractivity contribution < 1.29 is 47.6 Å². The zero-order chi connectivity index (χ0) is 30.8. The number of hydrogen-bond acceptors (Lipinski definition) is 4. The van der Waals surface area contributed by atoms with Gasteiger partial charge in [0.1, 0.15) is 24.6 Å². The lowest BCUT2D eigenvalue weighted by Crippen LogP contribution is -3.00. The molecule has 0 atom stereocenters. The van der Waals surface area contributed by atoms with Gasteiger partial charge in [-0.05, 0) is 37.0 Å². The summed E-state index contributed by atoms with van der Waals surface area (Å²) >= 11 is 0. The topological polar surface area (TPSA) is 59.7 Å². The fourth-order valence-corrected chi connectivity index (χ4v) is 5.16. The van der Waals surface area contributed by atoms with E-state index in [0.29, 0.717) is 12.4 Å². The van der Waals surface area contributed by atoms with Crippen LogP contribution in [0.1, 0.15) is 130 Å². The molecule has 0 aliphatic carbocycles. The minimum Gasteiger partial charge on any atom is -1.00 e. The second kappa shape index (κ2) is 21.5. The Kier molecular flexibility index (Phi) is 19.5. The molecule has 0 fully saturated rings. The van der Waals surface area contributed by atoms with Crippen LogP contribution < -0.4 is 38.0 Å². The molecule has 2 amide bonds. The molecule has 0 bridgehead atoms. The second-order valence-electron chi connectivity index (χ2n) is 12.4. The molecule has 0 saturated heterocycles. The summed E-state index contributed by atoms with van der Waals surface area (Å²) in [5.74, 6) is 0.797. The largest absolute Gasteiger partial charge is 1.00 e. The van der Waals surface area contributed by atoms with Crippen molar-refractivity contribution >= 4 is 11.8 Å². The maximum Gasteiger partial charge on any atom is 0.267 e. The molecule has 0 aliphatic rings. The number of imide groups is 1. The Morgan fingerprint density at radius 1 is 0.814 bits per heavy atom. The van der Waals surface area contributed by atoms with Crippen LogP contribution in [-0.4, -0.2) is 29.9 Å². The summed E-state index contributed by atoms with van der Waals surface area (Å²) in [4.78, 5) is 26.6. The van der Waals surface area contributed by atoms with E-state index >= 15 is 0 Å². The number of halogens is 1. The fourth-order valence-electron chi connectivity index (χ4n) is 5.16. The van der Waals surface area contributed by atoms with Crippen LogP contribution in [0.5, 0.6) is 11.5 Å². The number of carbonyl (C=O) groups is 2. The second-order valence-corrected chi connectivity index (χ2v) is 12.4. The summed E-state index contributed by atoms with van der Waals surface area (Å²) in [5.41, 5.74) is 1.79. The Bertz CT molecular complexity index is 1080. The number of aryl methyl sites for hydroxylation is 1. The average Bonchev–Trinajstić information content (AvgIpc) is 2.96.